The average molecular weight is 420 g/mol. The number of carbonyl (C=O) groups is 1. The van der Waals surface area contributed by atoms with E-state index in [0.29, 0.717) is 31.5 Å². The summed E-state index contributed by atoms with van der Waals surface area (Å²) < 4.78 is 32.3. The fraction of sp³-hybridized carbons (Fsp3) is 0.400. The van der Waals surface area contributed by atoms with Gasteiger partial charge in [0.2, 0.25) is 15.9 Å². The van der Waals surface area contributed by atoms with Gasteiger partial charge >= 0.3 is 0 Å². The van der Waals surface area contributed by atoms with Crippen LogP contribution in [0.15, 0.2) is 41.4 Å². The molecule has 0 radical (unpaired) electrons. The number of aromatic hydroxyl groups is 1. The maximum atomic E-state index is 12.7. The number of benzene rings is 1. The molecule has 29 heavy (non-hydrogen) atoms. The summed E-state index contributed by atoms with van der Waals surface area (Å²) in [4.78, 5) is 16.6. The number of pyridine rings is 1. The lowest BCUT2D eigenvalue weighted by atomic mass is 10.2. The first-order valence-corrected chi connectivity index (χ1v) is 10.9. The summed E-state index contributed by atoms with van der Waals surface area (Å²) in [6.45, 7) is 5.51. The number of sulfonamides is 1. The molecule has 0 atom stereocenters. The van der Waals surface area contributed by atoms with Crippen molar-refractivity contribution < 1.29 is 23.1 Å². The lowest BCUT2D eigenvalue weighted by Gasteiger charge is -2.16. The minimum Gasteiger partial charge on any atom is -0.506 e. The first-order valence-electron chi connectivity index (χ1n) is 9.51. The van der Waals surface area contributed by atoms with Gasteiger partial charge in [0.25, 0.3) is 5.91 Å². The Morgan fingerprint density at radius 1 is 1.24 bits per heavy atom. The molecule has 1 aliphatic heterocycles. The average Bonchev–Trinajstić information content (AvgIpc) is 3.24. The van der Waals surface area contributed by atoms with E-state index in [1.54, 1.807) is 12.1 Å². The molecule has 0 spiro atoms. The van der Waals surface area contributed by atoms with Crippen LogP contribution in [-0.4, -0.2) is 48.4 Å². The molecule has 1 aromatic carbocycles. The van der Waals surface area contributed by atoms with Gasteiger partial charge in [0, 0.05) is 25.4 Å². The molecule has 0 aliphatic carbocycles. The van der Waals surface area contributed by atoms with Gasteiger partial charge in [0.15, 0.2) is 0 Å². The number of nitrogens with zero attached hydrogens (tertiary/aromatic N) is 2. The van der Waals surface area contributed by atoms with Gasteiger partial charge in [-0.3, -0.25) is 4.79 Å². The van der Waals surface area contributed by atoms with E-state index in [-0.39, 0.29) is 21.9 Å². The third-order valence-corrected chi connectivity index (χ3v) is 6.38. The Bertz CT molecular complexity index is 968. The van der Waals surface area contributed by atoms with E-state index in [1.807, 2.05) is 13.8 Å². The molecule has 2 N–H and O–H groups in total. The second-order valence-electron chi connectivity index (χ2n) is 7.33. The number of hydrogen-bond acceptors (Lipinski definition) is 6. The van der Waals surface area contributed by atoms with Crippen molar-refractivity contribution in [2.24, 2.45) is 5.92 Å². The van der Waals surface area contributed by atoms with Crippen LogP contribution in [0.3, 0.4) is 0 Å². The molecule has 1 fully saturated rings. The van der Waals surface area contributed by atoms with E-state index in [9.17, 15) is 18.3 Å². The van der Waals surface area contributed by atoms with Crippen molar-refractivity contribution in [2.45, 2.75) is 31.6 Å². The van der Waals surface area contributed by atoms with Gasteiger partial charge < -0.3 is 15.2 Å². The highest BCUT2D eigenvalue weighted by Gasteiger charge is 2.28. The molecule has 0 saturated carbocycles. The van der Waals surface area contributed by atoms with Crippen molar-refractivity contribution in [3.8, 4) is 11.6 Å². The number of ether oxygens (including phenoxy) is 1. The largest absolute Gasteiger partial charge is 0.506 e. The summed E-state index contributed by atoms with van der Waals surface area (Å²) in [5.41, 5.74) is 0.282. The Hall–Kier alpha value is -2.65. The van der Waals surface area contributed by atoms with Crippen LogP contribution in [0.4, 0.5) is 5.69 Å². The number of phenolic OH excluding ortho intramolecular Hbond substituents is 1. The Kier molecular flexibility index (Phi) is 6.39. The van der Waals surface area contributed by atoms with Crippen LogP contribution < -0.4 is 10.1 Å². The molecule has 2 aromatic rings. The molecule has 8 nitrogen and oxygen atoms in total. The van der Waals surface area contributed by atoms with Crippen molar-refractivity contribution in [1.82, 2.24) is 9.29 Å². The summed E-state index contributed by atoms with van der Waals surface area (Å²) in [6.07, 6.45) is 3.02. The number of anilines is 1. The van der Waals surface area contributed by atoms with Crippen LogP contribution in [-0.2, 0) is 10.0 Å². The second kappa shape index (κ2) is 8.79. The van der Waals surface area contributed by atoms with E-state index >= 15 is 0 Å². The van der Waals surface area contributed by atoms with Crippen molar-refractivity contribution in [3.05, 3.63) is 42.1 Å². The van der Waals surface area contributed by atoms with Crippen LogP contribution >= 0.6 is 0 Å². The van der Waals surface area contributed by atoms with Gasteiger partial charge in [-0.05, 0) is 43.0 Å². The zero-order valence-corrected chi connectivity index (χ0v) is 17.3. The fourth-order valence-electron chi connectivity index (χ4n) is 2.90. The number of aromatic nitrogens is 1. The first-order chi connectivity index (χ1) is 13.8. The van der Waals surface area contributed by atoms with Crippen LogP contribution in [0.1, 0.15) is 37.0 Å². The molecule has 1 aliphatic rings. The molecule has 1 saturated heterocycles. The van der Waals surface area contributed by atoms with Gasteiger partial charge in [0.1, 0.15) is 5.75 Å². The van der Waals surface area contributed by atoms with Crippen molar-refractivity contribution in [3.63, 3.8) is 0 Å². The predicted molar refractivity (Wildman–Crippen MR) is 109 cm³/mol. The highest BCUT2D eigenvalue weighted by molar-refractivity contribution is 7.89. The molecular formula is C20H25N3O5S. The van der Waals surface area contributed by atoms with Gasteiger partial charge in [-0.15, -0.1) is 0 Å². The number of carbonyl (C=O) groups excluding carboxylic acids is 1. The second-order valence-corrected chi connectivity index (χ2v) is 9.27. The summed E-state index contributed by atoms with van der Waals surface area (Å²) in [7, 11) is -3.66. The Morgan fingerprint density at radius 2 is 1.97 bits per heavy atom. The van der Waals surface area contributed by atoms with E-state index in [0.717, 1.165) is 12.8 Å². The normalized spacial score (nSPS) is 14.9. The smallest absolute Gasteiger partial charge is 0.257 e. The van der Waals surface area contributed by atoms with E-state index in [2.05, 4.69) is 10.3 Å². The number of phenols is 1. The number of amides is 1. The summed E-state index contributed by atoms with van der Waals surface area (Å²) in [5.74, 6) is 0.0335. The third-order valence-electron chi connectivity index (χ3n) is 4.48. The fourth-order valence-corrected chi connectivity index (χ4v) is 4.44. The Balaban J connectivity index is 1.75. The van der Waals surface area contributed by atoms with Gasteiger partial charge in [-0.2, -0.15) is 4.31 Å². The maximum absolute atomic E-state index is 12.7. The lowest BCUT2D eigenvalue weighted by molar-refractivity contribution is 0.102. The summed E-state index contributed by atoms with van der Waals surface area (Å²) >= 11 is 0. The Morgan fingerprint density at radius 3 is 2.59 bits per heavy atom. The van der Waals surface area contributed by atoms with Crippen molar-refractivity contribution in [2.75, 3.05) is 25.0 Å². The number of hydrogen-bond donors (Lipinski definition) is 2. The molecule has 1 amide bonds. The zero-order chi connectivity index (χ0) is 21.0. The molecular weight excluding hydrogens is 394 g/mol. The molecule has 0 bridgehead atoms. The topological polar surface area (TPSA) is 109 Å². The van der Waals surface area contributed by atoms with Crippen LogP contribution in [0.5, 0.6) is 11.6 Å². The molecule has 3 rings (SSSR count). The highest BCUT2D eigenvalue weighted by Crippen LogP contribution is 2.29. The maximum Gasteiger partial charge on any atom is 0.257 e. The third kappa shape index (κ3) is 5.04. The zero-order valence-electron chi connectivity index (χ0n) is 16.5. The standard InChI is InChI=1S/C20H25N3O5S/c1-14(2)13-28-19-8-5-15(12-21-19)20(25)22-17-11-16(6-7-18(17)24)29(26,27)23-9-3-4-10-23/h5-8,11-12,14,24H,3-4,9-10,13H2,1-2H3,(H,22,25). The Labute approximate surface area is 170 Å². The summed E-state index contributed by atoms with van der Waals surface area (Å²) in [6, 6.07) is 7.01. The van der Waals surface area contributed by atoms with Crippen LogP contribution in [0.25, 0.3) is 0 Å². The number of nitrogens with one attached hydrogen (secondary N) is 1. The van der Waals surface area contributed by atoms with Gasteiger partial charge in [0.05, 0.1) is 22.8 Å². The van der Waals surface area contributed by atoms with Gasteiger partial charge in [-0.1, -0.05) is 13.8 Å². The van der Waals surface area contributed by atoms with Crippen molar-refractivity contribution >= 4 is 21.6 Å². The predicted octanol–water partition coefficient (Wildman–Crippen LogP) is 2.86. The minimum absolute atomic E-state index is 0.0235. The SMILES string of the molecule is CC(C)COc1ccc(C(=O)Nc2cc(S(=O)(=O)N3CCCC3)ccc2O)cn1. The summed E-state index contributed by atoms with van der Waals surface area (Å²) in [5, 5.41) is 12.6. The number of rotatable bonds is 7. The monoisotopic (exact) mass is 419 g/mol. The molecule has 1 aromatic heterocycles. The van der Waals surface area contributed by atoms with Crippen LogP contribution in [0, 0.1) is 5.92 Å². The van der Waals surface area contributed by atoms with E-state index in [1.165, 1.54) is 28.7 Å². The van der Waals surface area contributed by atoms with E-state index < -0.39 is 15.9 Å². The first kappa shape index (κ1) is 21.1. The van der Waals surface area contributed by atoms with E-state index in [4.69, 9.17) is 4.74 Å². The lowest BCUT2D eigenvalue weighted by Crippen LogP contribution is -2.28. The molecule has 156 valence electrons. The van der Waals surface area contributed by atoms with Crippen LogP contribution in [0.2, 0.25) is 0 Å². The quantitative estimate of drug-likeness (QED) is 0.668. The molecule has 2 heterocycles. The van der Waals surface area contributed by atoms with Gasteiger partial charge in [-0.25, -0.2) is 13.4 Å². The van der Waals surface area contributed by atoms with Crippen molar-refractivity contribution in [1.29, 1.82) is 0 Å². The minimum atomic E-state index is -3.66. The highest BCUT2D eigenvalue weighted by atomic mass is 32.2. The molecule has 0 unspecified atom stereocenters. The molecule has 9 heteroatoms.